The summed E-state index contributed by atoms with van der Waals surface area (Å²) in [4.78, 5) is 0. The van der Waals surface area contributed by atoms with Crippen LogP contribution in [-0.2, 0) is 6.42 Å². The molecule has 0 unspecified atom stereocenters. The van der Waals surface area contributed by atoms with Crippen LogP contribution in [-0.4, -0.2) is 0 Å². The fourth-order valence-electron chi connectivity index (χ4n) is 1.52. The molecule has 0 spiro atoms. The number of hydrogen-bond acceptors (Lipinski definition) is 0. The highest BCUT2D eigenvalue weighted by Crippen LogP contribution is 2.28. The highest BCUT2D eigenvalue weighted by atomic mass is 14.2. The van der Waals surface area contributed by atoms with Crippen molar-refractivity contribution in [1.29, 1.82) is 0 Å². The fraction of sp³-hybridized carbons (Fsp3) is 0.364. The van der Waals surface area contributed by atoms with Crippen molar-refractivity contribution in [2.75, 3.05) is 0 Å². The van der Waals surface area contributed by atoms with Crippen molar-refractivity contribution in [3.8, 4) is 0 Å². The largest absolute Gasteiger partial charge is 0.0622 e. The average Bonchev–Trinajstić information content (AvgIpc) is 1.99. The third-order valence-electron chi connectivity index (χ3n) is 2.37. The summed E-state index contributed by atoms with van der Waals surface area (Å²) in [5.74, 6) is 0.942. The molecule has 0 amide bonds. The summed E-state index contributed by atoms with van der Waals surface area (Å²) in [7, 11) is 0. The van der Waals surface area contributed by atoms with E-state index in [0.29, 0.717) is 0 Å². The molecule has 0 aliphatic heterocycles. The van der Waals surface area contributed by atoms with Crippen molar-refractivity contribution in [2.45, 2.75) is 19.3 Å². The zero-order valence-corrected chi connectivity index (χ0v) is 6.66. The summed E-state index contributed by atoms with van der Waals surface area (Å²) < 4.78 is 0. The first-order valence-electron chi connectivity index (χ1n) is 4.31. The molecule has 1 aliphatic carbocycles. The van der Waals surface area contributed by atoms with Gasteiger partial charge in [0.15, 0.2) is 0 Å². The Morgan fingerprint density at radius 2 is 1.82 bits per heavy atom. The number of rotatable bonds is 2. The van der Waals surface area contributed by atoms with Crippen molar-refractivity contribution >= 4 is 0 Å². The first-order chi connectivity index (χ1) is 5.45. The fourth-order valence-corrected chi connectivity index (χ4v) is 1.52. The Hall–Kier alpha value is -0.780. The van der Waals surface area contributed by atoms with Gasteiger partial charge in [0.05, 0.1) is 0 Å². The van der Waals surface area contributed by atoms with Crippen molar-refractivity contribution in [3.63, 3.8) is 0 Å². The van der Waals surface area contributed by atoms with E-state index in [2.05, 4.69) is 36.8 Å². The minimum absolute atomic E-state index is 0.942. The van der Waals surface area contributed by atoms with Crippen molar-refractivity contribution < 1.29 is 0 Å². The summed E-state index contributed by atoms with van der Waals surface area (Å²) in [6, 6.07) is 10.8. The average molecular weight is 145 g/mol. The predicted octanol–water partition coefficient (Wildman–Crippen LogP) is 2.84. The molecular weight excluding hydrogens is 132 g/mol. The molecule has 2 rings (SSSR count). The predicted molar refractivity (Wildman–Crippen MR) is 47.2 cm³/mol. The van der Waals surface area contributed by atoms with E-state index in [-0.39, 0.29) is 0 Å². The van der Waals surface area contributed by atoms with Gasteiger partial charge in [-0.25, -0.2) is 0 Å². The van der Waals surface area contributed by atoms with Crippen LogP contribution in [0.5, 0.6) is 0 Å². The van der Waals surface area contributed by atoms with Crippen LogP contribution < -0.4 is 0 Å². The first-order valence-corrected chi connectivity index (χ1v) is 4.31. The molecule has 1 aliphatic rings. The van der Waals surface area contributed by atoms with E-state index in [4.69, 9.17) is 0 Å². The summed E-state index contributed by atoms with van der Waals surface area (Å²) in [6.07, 6.45) is 6.30. The monoisotopic (exact) mass is 145 g/mol. The first kappa shape index (κ1) is 6.90. The van der Waals surface area contributed by atoms with Gasteiger partial charge in [0.1, 0.15) is 0 Å². The highest BCUT2D eigenvalue weighted by molar-refractivity contribution is 5.16. The van der Waals surface area contributed by atoms with Gasteiger partial charge in [0.25, 0.3) is 0 Å². The molecule has 1 radical (unpaired) electrons. The van der Waals surface area contributed by atoms with E-state index in [1.54, 1.807) is 0 Å². The van der Waals surface area contributed by atoms with Crippen LogP contribution in [0.4, 0.5) is 0 Å². The van der Waals surface area contributed by atoms with Gasteiger partial charge >= 0.3 is 0 Å². The molecule has 57 valence electrons. The molecule has 0 heterocycles. The second-order valence-electron chi connectivity index (χ2n) is 3.32. The van der Waals surface area contributed by atoms with Crippen LogP contribution >= 0.6 is 0 Å². The van der Waals surface area contributed by atoms with E-state index in [0.717, 1.165) is 5.92 Å². The van der Waals surface area contributed by atoms with Gasteiger partial charge in [-0.05, 0) is 37.2 Å². The van der Waals surface area contributed by atoms with E-state index in [1.165, 1.54) is 24.8 Å². The Morgan fingerprint density at radius 3 is 2.36 bits per heavy atom. The molecule has 0 bridgehead atoms. The second-order valence-corrected chi connectivity index (χ2v) is 3.32. The van der Waals surface area contributed by atoms with Crippen LogP contribution in [0, 0.1) is 12.3 Å². The van der Waals surface area contributed by atoms with Crippen LogP contribution in [0.3, 0.4) is 0 Å². The Bertz CT molecular complexity index is 209. The maximum absolute atomic E-state index is 2.37. The number of hydrogen-bond donors (Lipinski definition) is 0. The summed E-state index contributed by atoms with van der Waals surface area (Å²) in [5.41, 5.74) is 1.49. The third kappa shape index (κ3) is 1.62. The molecular formula is C11H13. The summed E-state index contributed by atoms with van der Waals surface area (Å²) in [5, 5.41) is 0. The zero-order valence-electron chi connectivity index (χ0n) is 6.66. The van der Waals surface area contributed by atoms with Gasteiger partial charge in [0, 0.05) is 0 Å². The van der Waals surface area contributed by atoms with Gasteiger partial charge in [0.2, 0.25) is 0 Å². The van der Waals surface area contributed by atoms with Crippen LogP contribution in [0.2, 0.25) is 0 Å². The molecule has 0 N–H and O–H groups in total. The second kappa shape index (κ2) is 3.08. The van der Waals surface area contributed by atoms with Crippen molar-refractivity contribution in [2.24, 2.45) is 5.92 Å². The Kier molecular flexibility index (Phi) is 1.93. The molecule has 0 atom stereocenters. The van der Waals surface area contributed by atoms with E-state index < -0.39 is 0 Å². The molecule has 0 heteroatoms. The smallest absolute Gasteiger partial charge is 0.0250 e. The molecule has 11 heavy (non-hydrogen) atoms. The van der Waals surface area contributed by atoms with E-state index in [9.17, 15) is 0 Å². The lowest BCUT2D eigenvalue weighted by molar-refractivity contribution is 0.408. The molecule has 0 aromatic heterocycles. The van der Waals surface area contributed by atoms with Gasteiger partial charge in [-0.2, -0.15) is 0 Å². The third-order valence-corrected chi connectivity index (χ3v) is 2.37. The lowest BCUT2D eigenvalue weighted by Gasteiger charge is -2.24. The number of benzene rings is 1. The van der Waals surface area contributed by atoms with Gasteiger partial charge in [-0.3, -0.25) is 0 Å². The summed E-state index contributed by atoms with van der Waals surface area (Å²) >= 11 is 0. The quantitative estimate of drug-likeness (QED) is 0.600. The maximum atomic E-state index is 2.37. The van der Waals surface area contributed by atoms with Crippen molar-refractivity contribution in [3.05, 3.63) is 42.3 Å². The lowest BCUT2D eigenvalue weighted by Crippen LogP contribution is -2.14. The zero-order chi connectivity index (χ0) is 7.52. The Balaban J connectivity index is 1.95. The van der Waals surface area contributed by atoms with Gasteiger partial charge < -0.3 is 0 Å². The standard InChI is InChI=1S/C11H13/c1-2-5-10(6-3-1)9-11-7-4-8-11/h1-6,11H,7-9H2. The maximum Gasteiger partial charge on any atom is -0.0250 e. The minimum atomic E-state index is 0.942. The molecule has 1 saturated carbocycles. The van der Waals surface area contributed by atoms with Gasteiger partial charge in [-0.15, -0.1) is 0 Å². The molecule has 1 aromatic rings. The van der Waals surface area contributed by atoms with Gasteiger partial charge in [-0.1, -0.05) is 30.3 Å². The highest BCUT2D eigenvalue weighted by Gasteiger charge is 2.17. The normalized spacial score (nSPS) is 17.8. The molecule has 1 fully saturated rings. The van der Waals surface area contributed by atoms with Crippen molar-refractivity contribution in [1.82, 2.24) is 0 Å². The lowest BCUT2D eigenvalue weighted by atomic mass is 9.81. The van der Waals surface area contributed by atoms with Crippen LogP contribution in [0.15, 0.2) is 30.3 Å². The Labute approximate surface area is 68.3 Å². The van der Waals surface area contributed by atoms with E-state index >= 15 is 0 Å². The van der Waals surface area contributed by atoms with E-state index in [1.807, 2.05) is 0 Å². The topological polar surface area (TPSA) is 0 Å². The van der Waals surface area contributed by atoms with Crippen LogP contribution in [0.1, 0.15) is 18.4 Å². The van der Waals surface area contributed by atoms with Crippen LogP contribution in [0.25, 0.3) is 0 Å². The molecule has 0 nitrogen and oxygen atoms in total. The minimum Gasteiger partial charge on any atom is -0.0622 e. The summed E-state index contributed by atoms with van der Waals surface area (Å²) in [6.45, 7) is 0. The Morgan fingerprint density at radius 1 is 1.09 bits per heavy atom. The molecule has 0 saturated heterocycles. The SMILES string of the molecule is [CH]1CC(Cc2ccccc2)C1. The molecule has 1 aromatic carbocycles.